The minimum absolute atomic E-state index is 0.118. The fourth-order valence-corrected chi connectivity index (χ4v) is 5.56. The smallest absolute Gasteiger partial charge is 0.407 e. The van der Waals surface area contributed by atoms with Crippen molar-refractivity contribution in [3.8, 4) is 0 Å². The summed E-state index contributed by atoms with van der Waals surface area (Å²) < 4.78 is 33.1. The van der Waals surface area contributed by atoms with Gasteiger partial charge in [-0.3, -0.25) is 9.29 Å². The monoisotopic (exact) mass is 512 g/mol. The van der Waals surface area contributed by atoms with Crippen LogP contribution >= 0.6 is 0 Å². The SMILES string of the molecule is C[C@@H]1Cc2c([nH]c3ccccc23)[C@@H](c2cccc(NCCN(CCCF)C(=O)O)c2)N1CC1(F)COC1. The molecule has 0 unspecified atom stereocenters. The number of fused-ring (bicyclic) bond motifs is 3. The Morgan fingerprint density at radius 3 is 2.78 bits per heavy atom. The van der Waals surface area contributed by atoms with Gasteiger partial charge in [0.25, 0.3) is 0 Å². The Labute approximate surface area is 215 Å². The predicted molar refractivity (Wildman–Crippen MR) is 140 cm³/mol. The van der Waals surface area contributed by atoms with Crippen LogP contribution in [-0.2, 0) is 11.2 Å². The van der Waals surface area contributed by atoms with Crippen molar-refractivity contribution in [2.45, 2.75) is 37.5 Å². The maximum atomic E-state index is 15.3. The summed E-state index contributed by atoms with van der Waals surface area (Å²) in [4.78, 5) is 18.5. The molecule has 0 aliphatic carbocycles. The number of nitrogens with one attached hydrogen (secondary N) is 2. The second kappa shape index (κ2) is 10.7. The van der Waals surface area contributed by atoms with Crippen molar-refractivity contribution in [3.63, 3.8) is 0 Å². The second-order valence-corrected chi connectivity index (χ2v) is 10.2. The Morgan fingerprint density at radius 1 is 1.24 bits per heavy atom. The van der Waals surface area contributed by atoms with Crippen molar-refractivity contribution >= 4 is 22.7 Å². The Bertz CT molecular complexity index is 1250. The Kier molecular flexibility index (Phi) is 7.35. The number of H-pyrrole nitrogens is 1. The summed E-state index contributed by atoms with van der Waals surface area (Å²) in [6.45, 7) is 2.95. The van der Waals surface area contributed by atoms with Crippen LogP contribution in [0.4, 0.5) is 19.3 Å². The molecule has 2 atom stereocenters. The highest BCUT2D eigenvalue weighted by molar-refractivity contribution is 5.85. The first-order chi connectivity index (χ1) is 17.9. The van der Waals surface area contributed by atoms with Crippen molar-refractivity contribution in [2.75, 3.05) is 51.4 Å². The van der Waals surface area contributed by atoms with Crippen LogP contribution in [0.25, 0.3) is 10.9 Å². The lowest BCUT2D eigenvalue weighted by Crippen LogP contribution is -2.57. The van der Waals surface area contributed by atoms with E-state index in [1.54, 1.807) is 0 Å². The average Bonchev–Trinajstić information content (AvgIpc) is 3.23. The van der Waals surface area contributed by atoms with Crippen LogP contribution in [0.2, 0.25) is 0 Å². The summed E-state index contributed by atoms with van der Waals surface area (Å²) >= 11 is 0. The van der Waals surface area contributed by atoms with Gasteiger partial charge in [-0.1, -0.05) is 30.3 Å². The number of ether oxygens (including phenoxy) is 1. The average molecular weight is 513 g/mol. The van der Waals surface area contributed by atoms with Crippen molar-refractivity contribution in [1.82, 2.24) is 14.8 Å². The number of hydrogen-bond acceptors (Lipinski definition) is 4. The van der Waals surface area contributed by atoms with Gasteiger partial charge in [-0.2, -0.15) is 0 Å². The number of benzene rings is 2. The summed E-state index contributed by atoms with van der Waals surface area (Å²) in [5, 5.41) is 13.9. The first-order valence-corrected chi connectivity index (χ1v) is 12.9. The molecular weight excluding hydrogens is 478 g/mol. The van der Waals surface area contributed by atoms with Gasteiger partial charge >= 0.3 is 6.09 Å². The second-order valence-electron chi connectivity index (χ2n) is 10.2. The molecule has 0 radical (unpaired) electrons. The molecule has 198 valence electrons. The quantitative estimate of drug-likeness (QED) is 0.357. The number of carboxylic acid groups (broad SMARTS) is 1. The molecule has 1 saturated heterocycles. The predicted octanol–water partition coefficient (Wildman–Crippen LogP) is 4.99. The van der Waals surface area contributed by atoms with E-state index in [0.29, 0.717) is 6.54 Å². The van der Waals surface area contributed by atoms with E-state index in [9.17, 15) is 14.3 Å². The van der Waals surface area contributed by atoms with Gasteiger partial charge in [-0.25, -0.2) is 9.18 Å². The molecule has 1 fully saturated rings. The fraction of sp³-hybridized carbons (Fsp3) is 0.464. The number of halogens is 2. The van der Waals surface area contributed by atoms with Crippen molar-refractivity contribution in [2.24, 2.45) is 0 Å². The zero-order chi connectivity index (χ0) is 26.0. The molecule has 1 amide bonds. The lowest BCUT2D eigenvalue weighted by atomic mass is 9.87. The minimum atomic E-state index is -1.36. The summed E-state index contributed by atoms with van der Waals surface area (Å²) in [6.07, 6.45) is -0.0395. The number of anilines is 1. The highest BCUT2D eigenvalue weighted by atomic mass is 19.1. The summed E-state index contributed by atoms with van der Waals surface area (Å²) in [5.41, 5.74) is 3.96. The topological polar surface area (TPSA) is 80.8 Å². The van der Waals surface area contributed by atoms with Crippen LogP contribution in [0.15, 0.2) is 48.5 Å². The van der Waals surface area contributed by atoms with Gasteiger partial charge in [-0.05, 0) is 49.1 Å². The molecule has 0 saturated carbocycles. The number of hydrogen-bond donors (Lipinski definition) is 3. The van der Waals surface area contributed by atoms with E-state index in [2.05, 4.69) is 46.4 Å². The third kappa shape index (κ3) is 5.29. The first kappa shape index (κ1) is 25.5. The molecule has 7 nitrogen and oxygen atoms in total. The summed E-state index contributed by atoms with van der Waals surface area (Å²) in [6, 6.07) is 16.2. The number of alkyl halides is 2. The van der Waals surface area contributed by atoms with Crippen LogP contribution in [0.3, 0.4) is 0 Å². The van der Waals surface area contributed by atoms with Gasteiger partial charge in [-0.15, -0.1) is 0 Å². The number of amides is 1. The van der Waals surface area contributed by atoms with Gasteiger partial charge < -0.3 is 25.0 Å². The highest BCUT2D eigenvalue weighted by Gasteiger charge is 2.45. The molecule has 2 aliphatic rings. The van der Waals surface area contributed by atoms with Crippen LogP contribution in [0.5, 0.6) is 0 Å². The Hall–Kier alpha value is -3.17. The van der Waals surface area contributed by atoms with E-state index in [-0.39, 0.29) is 51.4 Å². The number of aromatic amines is 1. The maximum absolute atomic E-state index is 15.3. The van der Waals surface area contributed by atoms with Crippen molar-refractivity contribution in [1.29, 1.82) is 0 Å². The zero-order valence-electron chi connectivity index (χ0n) is 21.1. The molecule has 2 aliphatic heterocycles. The van der Waals surface area contributed by atoms with Gasteiger partial charge in [0.2, 0.25) is 0 Å². The van der Waals surface area contributed by atoms with E-state index in [4.69, 9.17) is 4.74 Å². The molecule has 3 N–H and O–H groups in total. The maximum Gasteiger partial charge on any atom is 0.407 e. The highest BCUT2D eigenvalue weighted by Crippen LogP contribution is 2.42. The summed E-state index contributed by atoms with van der Waals surface area (Å²) in [7, 11) is 0. The number of rotatable bonds is 10. The normalized spacial score (nSPS) is 20.8. The third-order valence-corrected chi connectivity index (χ3v) is 7.45. The van der Waals surface area contributed by atoms with E-state index < -0.39 is 18.4 Å². The molecular formula is C28H34F2N4O3. The van der Waals surface area contributed by atoms with Crippen LogP contribution < -0.4 is 5.32 Å². The van der Waals surface area contributed by atoms with E-state index in [1.807, 2.05) is 24.3 Å². The summed E-state index contributed by atoms with van der Waals surface area (Å²) in [5.74, 6) is 0. The number of nitrogens with zero attached hydrogens (tertiary/aromatic N) is 2. The van der Waals surface area contributed by atoms with E-state index >= 15 is 4.39 Å². The first-order valence-electron chi connectivity index (χ1n) is 12.9. The van der Waals surface area contributed by atoms with E-state index in [1.165, 1.54) is 15.8 Å². The number of para-hydroxylation sites is 1. The van der Waals surface area contributed by atoms with E-state index in [0.717, 1.165) is 28.9 Å². The largest absolute Gasteiger partial charge is 0.465 e. The van der Waals surface area contributed by atoms with Gasteiger partial charge in [0.1, 0.15) is 0 Å². The van der Waals surface area contributed by atoms with Crippen LogP contribution in [0.1, 0.15) is 36.2 Å². The lowest BCUT2D eigenvalue weighted by Gasteiger charge is -2.46. The molecule has 0 spiro atoms. The van der Waals surface area contributed by atoms with Gasteiger partial charge in [0.05, 0.1) is 25.9 Å². The number of aromatic nitrogens is 1. The van der Waals surface area contributed by atoms with Gasteiger partial charge in [0.15, 0.2) is 5.67 Å². The minimum Gasteiger partial charge on any atom is -0.465 e. The lowest BCUT2D eigenvalue weighted by molar-refractivity contribution is -0.147. The van der Waals surface area contributed by atoms with Crippen molar-refractivity contribution in [3.05, 3.63) is 65.4 Å². The van der Waals surface area contributed by atoms with Gasteiger partial charge in [0, 0.05) is 54.5 Å². The molecule has 5 rings (SSSR count). The molecule has 37 heavy (non-hydrogen) atoms. The van der Waals surface area contributed by atoms with Crippen LogP contribution in [-0.4, -0.2) is 83.8 Å². The Balaban J connectivity index is 1.43. The molecule has 2 aromatic carbocycles. The number of carbonyl (C=O) groups is 1. The molecule has 3 heterocycles. The molecule has 1 aromatic heterocycles. The van der Waals surface area contributed by atoms with Crippen molar-refractivity contribution < 1.29 is 23.4 Å². The molecule has 0 bridgehead atoms. The molecule has 9 heteroatoms. The fourth-order valence-electron chi connectivity index (χ4n) is 5.56. The zero-order valence-corrected chi connectivity index (χ0v) is 21.1. The van der Waals surface area contributed by atoms with Crippen LogP contribution in [0, 0.1) is 0 Å². The molecule has 3 aromatic rings. The third-order valence-electron chi connectivity index (χ3n) is 7.45. The Morgan fingerprint density at radius 2 is 2.05 bits per heavy atom. The standard InChI is InChI=1S/C28H34F2N4O3/c1-19-14-23-22-8-2-3-9-24(22)32-25(23)26(34(19)16-28(30)17-37-18-28)20-6-4-7-21(15-20)31-11-13-33(27(35)36)12-5-10-29/h2-4,6-9,15,19,26,31-32H,5,10-14,16-18H2,1H3,(H,35,36)/t19-,26-/m1/s1.